The first-order valence-corrected chi connectivity index (χ1v) is 4.12. The summed E-state index contributed by atoms with van der Waals surface area (Å²) in [5.41, 5.74) is 0. The Morgan fingerprint density at radius 3 is 2.67 bits per heavy atom. The number of hydrogen-bond acceptors (Lipinski definition) is 2. The molecule has 0 aliphatic rings. The van der Waals surface area contributed by atoms with Gasteiger partial charge in [-0.1, -0.05) is 13.3 Å². The molecule has 0 aliphatic heterocycles. The molecule has 0 aliphatic carbocycles. The summed E-state index contributed by atoms with van der Waals surface area (Å²) >= 11 is 0. The van der Waals surface area contributed by atoms with Gasteiger partial charge in [0.2, 0.25) is 0 Å². The predicted molar refractivity (Wildman–Crippen MR) is 35.3 cm³/mol. The largest absolute Gasteiger partial charge is 0.694 e. The summed E-state index contributed by atoms with van der Waals surface area (Å²) in [6.07, 6.45) is 1.72. The van der Waals surface area contributed by atoms with E-state index in [1.165, 1.54) is 0 Å². The van der Waals surface area contributed by atoms with Crippen molar-refractivity contribution in [3.63, 3.8) is 0 Å². The zero-order valence-electron chi connectivity index (χ0n) is 5.70. The Labute approximate surface area is 56.0 Å². The standard InChI is InChI=1S/C5H11O3P/c1-3-4-5(2)8-9(6)7/h5H,3-4H2,1-2H3/p+1. The van der Waals surface area contributed by atoms with Crippen LogP contribution in [0.4, 0.5) is 0 Å². The first kappa shape index (κ1) is 9.02. The van der Waals surface area contributed by atoms with E-state index in [9.17, 15) is 4.57 Å². The van der Waals surface area contributed by atoms with Gasteiger partial charge in [-0.05, 0) is 13.3 Å². The van der Waals surface area contributed by atoms with Gasteiger partial charge in [0.25, 0.3) is 0 Å². The first-order chi connectivity index (χ1) is 4.16. The molecule has 54 valence electrons. The lowest BCUT2D eigenvalue weighted by molar-refractivity contribution is 0.195. The molecule has 2 unspecified atom stereocenters. The van der Waals surface area contributed by atoms with Gasteiger partial charge in [-0.3, -0.25) is 0 Å². The van der Waals surface area contributed by atoms with Gasteiger partial charge >= 0.3 is 8.25 Å². The van der Waals surface area contributed by atoms with Crippen molar-refractivity contribution in [1.29, 1.82) is 0 Å². The molecule has 0 amide bonds. The van der Waals surface area contributed by atoms with Gasteiger partial charge in [-0.2, -0.15) is 0 Å². The summed E-state index contributed by atoms with van der Waals surface area (Å²) < 4.78 is 14.6. The summed E-state index contributed by atoms with van der Waals surface area (Å²) in [5, 5.41) is 0. The third kappa shape index (κ3) is 5.90. The van der Waals surface area contributed by atoms with Crippen molar-refractivity contribution in [1.82, 2.24) is 0 Å². The Kier molecular flexibility index (Phi) is 4.87. The molecule has 0 saturated carbocycles. The molecule has 4 heteroatoms. The quantitative estimate of drug-likeness (QED) is 0.623. The molecule has 0 spiro atoms. The Bertz CT molecular complexity index is 94.2. The van der Waals surface area contributed by atoms with E-state index in [1.54, 1.807) is 6.92 Å². The van der Waals surface area contributed by atoms with Crippen molar-refractivity contribution < 1.29 is 14.0 Å². The Hall–Kier alpha value is 0.0200. The van der Waals surface area contributed by atoms with E-state index in [4.69, 9.17) is 4.89 Å². The summed E-state index contributed by atoms with van der Waals surface area (Å²) in [6, 6.07) is 0. The molecule has 0 aromatic rings. The highest BCUT2D eigenvalue weighted by molar-refractivity contribution is 7.32. The van der Waals surface area contributed by atoms with Gasteiger partial charge < -0.3 is 0 Å². The number of rotatable bonds is 4. The Morgan fingerprint density at radius 2 is 2.33 bits per heavy atom. The monoisotopic (exact) mass is 151 g/mol. The van der Waals surface area contributed by atoms with Crippen LogP contribution >= 0.6 is 8.25 Å². The van der Waals surface area contributed by atoms with Crippen LogP contribution in [0.2, 0.25) is 0 Å². The minimum absolute atomic E-state index is 0.0939. The SMILES string of the molecule is CCCC(C)O[P+](=O)O. The van der Waals surface area contributed by atoms with Gasteiger partial charge in [0.05, 0.1) is 0 Å². The van der Waals surface area contributed by atoms with E-state index in [1.807, 2.05) is 6.92 Å². The van der Waals surface area contributed by atoms with Gasteiger partial charge in [-0.15, -0.1) is 9.42 Å². The van der Waals surface area contributed by atoms with Gasteiger partial charge in [0, 0.05) is 4.57 Å². The molecule has 0 rings (SSSR count). The van der Waals surface area contributed by atoms with E-state index in [2.05, 4.69) is 4.52 Å². The zero-order valence-corrected chi connectivity index (χ0v) is 6.60. The Morgan fingerprint density at radius 1 is 1.78 bits per heavy atom. The molecular formula is C5H12O3P+. The summed E-state index contributed by atoms with van der Waals surface area (Å²) in [7, 11) is -2.40. The van der Waals surface area contributed by atoms with Crippen LogP contribution in [-0.4, -0.2) is 11.0 Å². The summed E-state index contributed by atoms with van der Waals surface area (Å²) in [4.78, 5) is 8.24. The molecule has 0 heterocycles. The van der Waals surface area contributed by atoms with Crippen molar-refractivity contribution in [2.75, 3.05) is 0 Å². The van der Waals surface area contributed by atoms with E-state index in [-0.39, 0.29) is 6.10 Å². The Balaban J connectivity index is 3.26. The van der Waals surface area contributed by atoms with Gasteiger partial charge in [-0.25, -0.2) is 0 Å². The highest BCUT2D eigenvalue weighted by Gasteiger charge is 2.17. The lowest BCUT2D eigenvalue weighted by Gasteiger charge is -1.97. The number of hydrogen-bond donors (Lipinski definition) is 1. The normalized spacial score (nSPS) is 15.2. The van der Waals surface area contributed by atoms with Crippen molar-refractivity contribution in [3.8, 4) is 0 Å². The smallest absolute Gasteiger partial charge is 0.133 e. The summed E-state index contributed by atoms with van der Waals surface area (Å²) in [5.74, 6) is 0. The highest BCUT2D eigenvalue weighted by Crippen LogP contribution is 2.19. The highest BCUT2D eigenvalue weighted by atomic mass is 31.1. The molecule has 0 saturated heterocycles. The van der Waals surface area contributed by atoms with Crippen LogP contribution < -0.4 is 0 Å². The lowest BCUT2D eigenvalue weighted by Crippen LogP contribution is -2.00. The minimum atomic E-state index is -2.40. The van der Waals surface area contributed by atoms with Crippen LogP contribution in [0.3, 0.4) is 0 Å². The van der Waals surface area contributed by atoms with Crippen LogP contribution in [0, 0.1) is 0 Å². The summed E-state index contributed by atoms with van der Waals surface area (Å²) in [6.45, 7) is 3.79. The molecule has 3 nitrogen and oxygen atoms in total. The van der Waals surface area contributed by atoms with Crippen molar-refractivity contribution in [3.05, 3.63) is 0 Å². The molecule has 0 bridgehead atoms. The third-order valence-electron chi connectivity index (χ3n) is 0.965. The second-order valence-electron chi connectivity index (χ2n) is 1.94. The maximum absolute atomic E-state index is 10.0. The van der Waals surface area contributed by atoms with E-state index in [0.29, 0.717) is 0 Å². The molecule has 0 aromatic carbocycles. The molecule has 0 fully saturated rings. The molecule has 0 aromatic heterocycles. The van der Waals surface area contributed by atoms with Crippen molar-refractivity contribution in [2.24, 2.45) is 0 Å². The molecular weight excluding hydrogens is 139 g/mol. The maximum Gasteiger partial charge on any atom is 0.694 e. The van der Waals surface area contributed by atoms with E-state index < -0.39 is 8.25 Å². The molecule has 9 heavy (non-hydrogen) atoms. The average molecular weight is 151 g/mol. The van der Waals surface area contributed by atoms with Gasteiger partial charge in [0.1, 0.15) is 6.10 Å². The fraction of sp³-hybridized carbons (Fsp3) is 1.00. The lowest BCUT2D eigenvalue weighted by atomic mass is 10.2. The van der Waals surface area contributed by atoms with Crippen LogP contribution in [0.15, 0.2) is 0 Å². The second-order valence-corrected chi connectivity index (χ2v) is 2.63. The van der Waals surface area contributed by atoms with Crippen molar-refractivity contribution >= 4 is 8.25 Å². The predicted octanol–water partition coefficient (Wildman–Crippen LogP) is 1.84. The van der Waals surface area contributed by atoms with Gasteiger partial charge in [0.15, 0.2) is 0 Å². The fourth-order valence-corrected chi connectivity index (χ4v) is 1.03. The van der Waals surface area contributed by atoms with E-state index >= 15 is 0 Å². The zero-order chi connectivity index (χ0) is 7.28. The molecule has 1 N–H and O–H groups in total. The maximum atomic E-state index is 10.0. The fourth-order valence-electron chi connectivity index (χ4n) is 0.613. The van der Waals surface area contributed by atoms with E-state index in [0.717, 1.165) is 12.8 Å². The van der Waals surface area contributed by atoms with Crippen LogP contribution in [-0.2, 0) is 9.09 Å². The first-order valence-electron chi connectivity index (χ1n) is 2.99. The van der Waals surface area contributed by atoms with Crippen LogP contribution in [0.1, 0.15) is 26.7 Å². The minimum Gasteiger partial charge on any atom is -0.133 e. The van der Waals surface area contributed by atoms with Crippen LogP contribution in [0.5, 0.6) is 0 Å². The van der Waals surface area contributed by atoms with Crippen LogP contribution in [0.25, 0.3) is 0 Å². The third-order valence-corrected chi connectivity index (χ3v) is 1.51. The second kappa shape index (κ2) is 4.86. The molecule has 0 radical (unpaired) electrons. The average Bonchev–Trinajstić information content (AvgIpc) is 1.63. The molecule has 2 atom stereocenters. The van der Waals surface area contributed by atoms with Crippen molar-refractivity contribution in [2.45, 2.75) is 32.8 Å². The topological polar surface area (TPSA) is 46.5 Å².